The van der Waals surface area contributed by atoms with E-state index in [0.29, 0.717) is 6.54 Å². The fourth-order valence-electron chi connectivity index (χ4n) is 1.37. The molecule has 0 radical (unpaired) electrons. The first kappa shape index (κ1) is 17.1. The zero-order chi connectivity index (χ0) is 16.0. The Hall–Kier alpha value is -1.94. The first-order chi connectivity index (χ1) is 9.76. The van der Waals surface area contributed by atoms with E-state index < -0.39 is 16.0 Å². The van der Waals surface area contributed by atoms with E-state index in [0.717, 1.165) is 6.20 Å². The van der Waals surface area contributed by atoms with Crippen molar-refractivity contribution in [2.24, 2.45) is 0 Å². The summed E-state index contributed by atoms with van der Waals surface area (Å²) in [5, 5.41) is 12.3. The molecule has 1 rings (SSSR count). The molecule has 0 aromatic carbocycles. The number of aliphatic carboxylic acids is 1. The first-order valence-corrected chi connectivity index (χ1v) is 7.72. The molecule has 1 aromatic rings. The molecule has 1 aromatic heterocycles. The maximum Gasteiger partial charge on any atom is 0.305 e. The van der Waals surface area contributed by atoms with Gasteiger partial charge < -0.3 is 10.0 Å². The molecular formula is C11H18N4O5S. The molecule has 1 heterocycles. The number of aromatic nitrogens is 2. The summed E-state index contributed by atoms with van der Waals surface area (Å²) >= 11 is 0. The van der Waals surface area contributed by atoms with Crippen LogP contribution in [0.4, 0.5) is 0 Å². The van der Waals surface area contributed by atoms with Gasteiger partial charge >= 0.3 is 5.97 Å². The number of hydrogen-bond acceptors (Lipinski definition) is 5. The van der Waals surface area contributed by atoms with E-state index in [-0.39, 0.29) is 30.3 Å². The molecule has 0 unspecified atom stereocenters. The standard InChI is InChI=1S/C11H18N4O5S/c1-3-14(2)10(16)7-13-21(19,20)9-6-12-15(8-9)5-4-11(17)18/h6,8,13H,3-5,7H2,1-2H3,(H,17,18). The lowest BCUT2D eigenvalue weighted by molar-refractivity contribution is -0.137. The number of carboxylic acids is 1. The van der Waals surface area contributed by atoms with E-state index in [4.69, 9.17) is 5.11 Å². The van der Waals surface area contributed by atoms with Gasteiger partial charge in [0.2, 0.25) is 15.9 Å². The van der Waals surface area contributed by atoms with Crippen LogP contribution < -0.4 is 4.72 Å². The van der Waals surface area contributed by atoms with Crippen LogP contribution in [0.3, 0.4) is 0 Å². The normalized spacial score (nSPS) is 11.3. The molecule has 118 valence electrons. The maximum atomic E-state index is 11.9. The second-order valence-electron chi connectivity index (χ2n) is 4.32. The topological polar surface area (TPSA) is 122 Å². The van der Waals surface area contributed by atoms with Gasteiger partial charge in [0.05, 0.1) is 25.7 Å². The number of hydrogen-bond donors (Lipinski definition) is 2. The average Bonchev–Trinajstić information content (AvgIpc) is 2.91. The van der Waals surface area contributed by atoms with Crippen molar-refractivity contribution in [1.29, 1.82) is 0 Å². The van der Waals surface area contributed by atoms with Gasteiger partial charge in [0.1, 0.15) is 4.90 Å². The zero-order valence-electron chi connectivity index (χ0n) is 11.8. The molecule has 10 heteroatoms. The molecule has 9 nitrogen and oxygen atoms in total. The van der Waals surface area contributed by atoms with Crippen molar-refractivity contribution in [3.05, 3.63) is 12.4 Å². The molecule has 0 saturated carbocycles. The summed E-state index contributed by atoms with van der Waals surface area (Å²) in [4.78, 5) is 23.3. The van der Waals surface area contributed by atoms with Crippen LogP contribution in [0.1, 0.15) is 13.3 Å². The third kappa shape index (κ3) is 5.16. The molecule has 0 saturated heterocycles. The van der Waals surface area contributed by atoms with Gasteiger partial charge in [0.25, 0.3) is 0 Å². The number of nitrogens with zero attached hydrogens (tertiary/aromatic N) is 3. The van der Waals surface area contributed by atoms with Crippen LogP contribution in [0.25, 0.3) is 0 Å². The number of aryl methyl sites for hydroxylation is 1. The lowest BCUT2D eigenvalue weighted by Crippen LogP contribution is -2.37. The molecule has 0 aliphatic rings. The average molecular weight is 318 g/mol. The summed E-state index contributed by atoms with van der Waals surface area (Å²) in [6, 6.07) is 0. The van der Waals surface area contributed by atoms with Gasteiger partial charge in [-0.1, -0.05) is 0 Å². The van der Waals surface area contributed by atoms with Gasteiger partial charge in [0, 0.05) is 19.8 Å². The van der Waals surface area contributed by atoms with Crippen LogP contribution in [-0.2, 0) is 26.2 Å². The summed E-state index contributed by atoms with van der Waals surface area (Å²) in [5.41, 5.74) is 0. The Kier molecular flexibility index (Phi) is 5.85. The minimum atomic E-state index is -3.84. The maximum absolute atomic E-state index is 11.9. The predicted octanol–water partition coefficient (Wildman–Crippen LogP) is -0.886. The van der Waals surface area contributed by atoms with Crippen molar-refractivity contribution < 1.29 is 23.1 Å². The Morgan fingerprint density at radius 3 is 2.71 bits per heavy atom. The number of amides is 1. The minimum Gasteiger partial charge on any atom is -0.481 e. The smallest absolute Gasteiger partial charge is 0.305 e. The number of nitrogens with one attached hydrogen (secondary N) is 1. The Bertz CT molecular complexity index is 610. The van der Waals surface area contributed by atoms with E-state index >= 15 is 0 Å². The zero-order valence-corrected chi connectivity index (χ0v) is 12.6. The quantitative estimate of drug-likeness (QED) is 0.641. The summed E-state index contributed by atoms with van der Waals surface area (Å²) in [6.45, 7) is 1.99. The van der Waals surface area contributed by atoms with Gasteiger partial charge in [-0.3, -0.25) is 14.3 Å². The van der Waals surface area contributed by atoms with Crippen LogP contribution in [0.5, 0.6) is 0 Å². The predicted molar refractivity (Wildman–Crippen MR) is 73.0 cm³/mol. The van der Waals surface area contributed by atoms with Crippen molar-refractivity contribution in [2.45, 2.75) is 24.8 Å². The molecular weight excluding hydrogens is 300 g/mol. The molecule has 1 amide bonds. The van der Waals surface area contributed by atoms with Crippen molar-refractivity contribution >= 4 is 21.9 Å². The molecule has 0 fully saturated rings. The molecule has 0 bridgehead atoms. The third-order valence-electron chi connectivity index (χ3n) is 2.79. The molecule has 0 atom stereocenters. The van der Waals surface area contributed by atoms with Crippen LogP contribution in [0.15, 0.2) is 17.3 Å². The van der Waals surface area contributed by atoms with E-state index in [1.165, 1.54) is 15.8 Å². The Balaban J connectivity index is 2.66. The van der Waals surface area contributed by atoms with Crippen molar-refractivity contribution in [1.82, 2.24) is 19.4 Å². The highest BCUT2D eigenvalue weighted by atomic mass is 32.2. The Labute approximate surface area is 122 Å². The molecule has 0 spiro atoms. The number of carbonyl (C=O) groups is 2. The summed E-state index contributed by atoms with van der Waals surface area (Å²) < 4.78 is 27.3. The highest BCUT2D eigenvalue weighted by Crippen LogP contribution is 2.07. The molecule has 0 aliphatic carbocycles. The van der Waals surface area contributed by atoms with E-state index in [9.17, 15) is 18.0 Å². The van der Waals surface area contributed by atoms with Gasteiger partial charge in [-0.25, -0.2) is 13.1 Å². The minimum absolute atomic E-state index is 0.0718. The first-order valence-electron chi connectivity index (χ1n) is 6.24. The van der Waals surface area contributed by atoms with Crippen LogP contribution in [0.2, 0.25) is 0 Å². The van der Waals surface area contributed by atoms with Crippen molar-refractivity contribution in [2.75, 3.05) is 20.1 Å². The lowest BCUT2D eigenvalue weighted by Gasteiger charge is -2.14. The fourth-order valence-corrected chi connectivity index (χ4v) is 2.29. The SMILES string of the molecule is CCN(C)C(=O)CNS(=O)(=O)c1cnn(CCC(=O)O)c1. The van der Waals surface area contributed by atoms with E-state index in [1.807, 2.05) is 0 Å². The fraction of sp³-hybridized carbons (Fsp3) is 0.545. The van der Waals surface area contributed by atoms with Crippen LogP contribution in [-0.4, -0.2) is 60.2 Å². The van der Waals surface area contributed by atoms with Crippen LogP contribution >= 0.6 is 0 Å². The number of sulfonamides is 1. The van der Waals surface area contributed by atoms with Gasteiger partial charge in [-0.2, -0.15) is 5.10 Å². The van der Waals surface area contributed by atoms with Gasteiger partial charge in [0.15, 0.2) is 0 Å². The Morgan fingerprint density at radius 2 is 2.14 bits per heavy atom. The number of carboxylic acid groups (broad SMARTS) is 1. The van der Waals surface area contributed by atoms with Crippen molar-refractivity contribution in [3.8, 4) is 0 Å². The molecule has 0 aliphatic heterocycles. The summed E-state index contributed by atoms with van der Waals surface area (Å²) in [6.07, 6.45) is 2.17. The number of likely N-dealkylation sites (N-methyl/N-ethyl adjacent to an activating group) is 1. The number of rotatable bonds is 8. The Morgan fingerprint density at radius 1 is 1.48 bits per heavy atom. The van der Waals surface area contributed by atoms with Gasteiger partial charge in [-0.05, 0) is 6.92 Å². The molecule has 2 N–H and O–H groups in total. The van der Waals surface area contributed by atoms with Crippen LogP contribution in [0, 0.1) is 0 Å². The lowest BCUT2D eigenvalue weighted by atomic mass is 10.4. The third-order valence-corrected chi connectivity index (χ3v) is 4.14. The number of carbonyl (C=O) groups excluding carboxylic acids is 1. The summed E-state index contributed by atoms with van der Waals surface area (Å²) in [7, 11) is -2.27. The second kappa shape index (κ2) is 7.18. The second-order valence-corrected chi connectivity index (χ2v) is 6.08. The van der Waals surface area contributed by atoms with E-state index in [2.05, 4.69) is 9.82 Å². The summed E-state index contributed by atoms with van der Waals surface area (Å²) in [5.74, 6) is -1.35. The highest BCUT2D eigenvalue weighted by Gasteiger charge is 2.18. The largest absolute Gasteiger partial charge is 0.481 e. The monoisotopic (exact) mass is 318 g/mol. The highest BCUT2D eigenvalue weighted by molar-refractivity contribution is 7.89. The molecule has 21 heavy (non-hydrogen) atoms. The van der Waals surface area contributed by atoms with Gasteiger partial charge in [-0.15, -0.1) is 0 Å². The van der Waals surface area contributed by atoms with Crippen molar-refractivity contribution in [3.63, 3.8) is 0 Å². The van der Waals surface area contributed by atoms with E-state index in [1.54, 1.807) is 14.0 Å².